The Balaban J connectivity index is 3.34. The average Bonchev–Trinajstić information content (AvgIpc) is 2.33. The number of hydrogen-bond donors (Lipinski definition) is 0. The van der Waals surface area contributed by atoms with Crippen molar-refractivity contribution in [2.24, 2.45) is 5.10 Å². The van der Waals surface area contributed by atoms with Crippen molar-refractivity contribution in [3.63, 3.8) is 0 Å². The molecule has 0 amide bonds. The van der Waals surface area contributed by atoms with E-state index in [-0.39, 0.29) is 11.3 Å². The highest BCUT2D eigenvalue weighted by Gasteiger charge is 2.36. The lowest BCUT2D eigenvalue weighted by atomic mass is 10.1. The quantitative estimate of drug-likeness (QED) is 0.461. The number of hydrogen-bond acceptors (Lipinski definition) is 3. The molecule has 0 spiro atoms. The van der Waals surface area contributed by atoms with Gasteiger partial charge in [0.15, 0.2) is 0 Å². The number of aryl methyl sites for hydroxylation is 1. The minimum atomic E-state index is -2.04. The molecule has 0 fully saturated rings. The van der Waals surface area contributed by atoms with Crippen LogP contribution in [0.5, 0.6) is 0 Å². The Morgan fingerprint density at radius 1 is 1.10 bits per heavy atom. The van der Waals surface area contributed by atoms with E-state index in [1.165, 1.54) is 0 Å². The first-order valence-corrected chi connectivity index (χ1v) is 7.57. The fourth-order valence-electron chi connectivity index (χ4n) is 1.38. The van der Waals surface area contributed by atoms with Crippen LogP contribution < -0.4 is 0 Å². The molecule has 0 aromatic heterocycles. The summed E-state index contributed by atoms with van der Waals surface area (Å²) in [6.45, 7) is 7.88. The molecule has 116 valence electrons. The molecule has 1 rings (SSSR count). The van der Waals surface area contributed by atoms with Crippen molar-refractivity contribution in [1.82, 2.24) is 5.01 Å². The minimum absolute atomic E-state index is 0.132. The maximum atomic E-state index is 12.4. The van der Waals surface area contributed by atoms with E-state index in [4.69, 9.17) is 34.8 Å². The van der Waals surface area contributed by atoms with E-state index in [9.17, 15) is 4.79 Å². The van der Waals surface area contributed by atoms with Gasteiger partial charge in [-0.25, -0.2) is 0 Å². The second-order valence-electron chi connectivity index (χ2n) is 5.84. The van der Waals surface area contributed by atoms with Crippen LogP contribution in [0.15, 0.2) is 29.4 Å². The van der Waals surface area contributed by atoms with Gasteiger partial charge in [0.1, 0.15) is 5.71 Å². The average molecular weight is 350 g/mol. The van der Waals surface area contributed by atoms with Gasteiger partial charge in [-0.2, -0.15) is 5.10 Å². The van der Waals surface area contributed by atoms with E-state index >= 15 is 0 Å². The van der Waals surface area contributed by atoms with Gasteiger partial charge in [0.05, 0.1) is 0 Å². The molecule has 3 nitrogen and oxygen atoms in total. The summed E-state index contributed by atoms with van der Waals surface area (Å²) in [6.07, 6.45) is 0. The van der Waals surface area contributed by atoms with E-state index in [2.05, 4.69) is 5.10 Å². The lowest BCUT2D eigenvalue weighted by Gasteiger charge is -2.30. The summed E-state index contributed by atoms with van der Waals surface area (Å²) < 4.78 is -2.04. The van der Waals surface area contributed by atoms with Crippen molar-refractivity contribution in [3.05, 3.63) is 35.4 Å². The van der Waals surface area contributed by atoms with Gasteiger partial charge in [0.2, 0.25) is 5.78 Å². The summed E-state index contributed by atoms with van der Waals surface area (Å²) in [6, 6.07) is 7.35. The zero-order valence-corrected chi connectivity index (χ0v) is 15.0. The van der Waals surface area contributed by atoms with Gasteiger partial charge in [-0.3, -0.25) is 9.80 Å². The Kier molecular flexibility index (Phi) is 5.70. The molecular formula is C15H19Cl3N2O. The number of hydrazone groups is 1. The van der Waals surface area contributed by atoms with E-state index in [0.717, 1.165) is 5.56 Å². The highest BCUT2D eigenvalue weighted by Crippen LogP contribution is 2.29. The number of rotatable bonds is 3. The smallest absolute Gasteiger partial charge is 0.255 e. The summed E-state index contributed by atoms with van der Waals surface area (Å²) in [7, 11) is 1.78. The predicted molar refractivity (Wildman–Crippen MR) is 90.5 cm³/mol. The molecule has 0 atom stereocenters. The van der Waals surface area contributed by atoms with Crippen molar-refractivity contribution in [1.29, 1.82) is 0 Å². The van der Waals surface area contributed by atoms with Crippen LogP contribution in [0.2, 0.25) is 0 Å². The molecule has 0 saturated heterocycles. The summed E-state index contributed by atoms with van der Waals surface area (Å²) in [5.74, 6) is -0.646. The number of halogens is 3. The van der Waals surface area contributed by atoms with Crippen LogP contribution in [0, 0.1) is 6.92 Å². The minimum Gasteiger partial charge on any atom is -0.294 e. The molecule has 1 aromatic carbocycles. The SMILES string of the molecule is Cc1ccc(/C(=N/N(C)C(C)(C)C)C(=O)C(Cl)(Cl)Cl)cc1. The first-order valence-electron chi connectivity index (χ1n) is 6.44. The number of carbonyl (C=O) groups excluding carboxylic acids is 1. The molecule has 0 aliphatic heterocycles. The monoisotopic (exact) mass is 348 g/mol. The molecule has 0 radical (unpaired) electrons. The molecule has 6 heteroatoms. The zero-order chi connectivity index (χ0) is 16.4. The van der Waals surface area contributed by atoms with Crippen LogP contribution in [0.4, 0.5) is 0 Å². The number of benzene rings is 1. The third-order valence-corrected chi connectivity index (χ3v) is 3.53. The molecule has 0 unspecified atom stereocenters. The topological polar surface area (TPSA) is 32.7 Å². The molecule has 1 aromatic rings. The van der Waals surface area contributed by atoms with Crippen LogP contribution in [0.1, 0.15) is 31.9 Å². The Morgan fingerprint density at radius 3 is 1.95 bits per heavy atom. The molecule has 0 aliphatic carbocycles. The number of Topliss-reactive ketones (excluding diaryl/α,β-unsaturated/α-hetero) is 1. The first kappa shape index (κ1) is 18.3. The largest absolute Gasteiger partial charge is 0.294 e. The highest BCUT2D eigenvalue weighted by atomic mass is 35.6. The van der Waals surface area contributed by atoms with Gasteiger partial charge >= 0.3 is 0 Å². The van der Waals surface area contributed by atoms with Gasteiger partial charge in [-0.05, 0) is 27.7 Å². The van der Waals surface area contributed by atoms with Crippen molar-refractivity contribution >= 4 is 46.3 Å². The van der Waals surface area contributed by atoms with Crippen LogP contribution in [-0.2, 0) is 4.79 Å². The number of nitrogens with zero attached hydrogens (tertiary/aromatic N) is 2. The Morgan fingerprint density at radius 2 is 1.57 bits per heavy atom. The summed E-state index contributed by atoms with van der Waals surface area (Å²) in [4.78, 5) is 12.4. The molecule has 21 heavy (non-hydrogen) atoms. The lowest BCUT2D eigenvalue weighted by molar-refractivity contribution is -0.112. The standard InChI is InChI=1S/C15H19Cl3N2O/c1-10-6-8-11(9-7-10)12(13(21)15(16,17)18)19-20(5)14(2,3)4/h6-9H,1-5H3/b19-12-. The van der Waals surface area contributed by atoms with Gasteiger partial charge in [0.25, 0.3) is 3.79 Å². The third-order valence-electron chi connectivity index (χ3n) is 3.02. The fraction of sp³-hybridized carbons (Fsp3) is 0.467. The van der Waals surface area contributed by atoms with E-state index in [0.29, 0.717) is 5.56 Å². The first-order chi connectivity index (χ1) is 9.43. The second kappa shape index (κ2) is 6.55. The van der Waals surface area contributed by atoms with Crippen molar-refractivity contribution < 1.29 is 4.79 Å². The predicted octanol–water partition coefficient (Wildman–Crippen LogP) is 4.37. The molecule has 0 aliphatic rings. The highest BCUT2D eigenvalue weighted by molar-refractivity contribution is 6.83. The van der Waals surface area contributed by atoms with Crippen LogP contribution in [0.25, 0.3) is 0 Å². The molecular weight excluding hydrogens is 331 g/mol. The number of alkyl halides is 3. The molecule has 0 saturated carbocycles. The van der Waals surface area contributed by atoms with E-state index < -0.39 is 9.58 Å². The zero-order valence-electron chi connectivity index (χ0n) is 12.7. The van der Waals surface area contributed by atoms with Gasteiger partial charge in [0, 0.05) is 18.2 Å². The van der Waals surface area contributed by atoms with Crippen molar-refractivity contribution in [2.45, 2.75) is 37.0 Å². The Labute approximate surface area is 140 Å². The van der Waals surface area contributed by atoms with Crippen molar-refractivity contribution in [2.75, 3.05) is 7.05 Å². The van der Waals surface area contributed by atoms with E-state index in [1.54, 1.807) is 24.2 Å². The maximum Gasteiger partial charge on any atom is 0.255 e. The van der Waals surface area contributed by atoms with E-state index in [1.807, 2.05) is 39.8 Å². The summed E-state index contributed by atoms with van der Waals surface area (Å²) in [5, 5.41) is 6.04. The number of carbonyl (C=O) groups is 1. The fourth-order valence-corrected chi connectivity index (χ4v) is 1.65. The van der Waals surface area contributed by atoms with Crippen LogP contribution in [0.3, 0.4) is 0 Å². The Hall–Kier alpha value is -0.770. The molecule has 0 heterocycles. The molecule has 0 bridgehead atoms. The van der Waals surface area contributed by atoms with Crippen LogP contribution in [-0.4, -0.2) is 32.9 Å². The lowest BCUT2D eigenvalue weighted by Crippen LogP contribution is -2.37. The number of ketones is 1. The maximum absolute atomic E-state index is 12.4. The van der Waals surface area contributed by atoms with Crippen LogP contribution >= 0.6 is 34.8 Å². The summed E-state index contributed by atoms with van der Waals surface area (Å²) in [5.41, 5.74) is 1.56. The normalized spacial score (nSPS) is 13.2. The Bertz CT molecular complexity index is 540. The summed E-state index contributed by atoms with van der Waals surface area (Å²) >= 11 is 17.2. The van der Waals surface area contributed by atoms with Gasteiger partial charge in [-0.1, -0.05) is 64.6 Å². The third kappa shape index (κ3) is 5.17. The van der Waals surface area contributed by atoms with Gasteiger partial charge < -0.3 is 0 Å². The second-order valence-corrected chi connectivity index (χ2v) is 8.12. The molecule has 0 N–H and O–H groups in total. The van der Waals surface area contributed by atoms with Crippen molar-refractivity contribution in [3.8, 4) is 0 Å². The van der Waals surface area contributed by atoms with Gasteiger partial charge in [-0.15, -0.1) is 0 Å².